The summed E-state index contributed by atoms with van der Waals surface area (Å²) in [6, 6.07) is 7.85. The van der Waals surface area contributed by atoms with Gasteiger partial charge in [-0.1, -0.05) is 12.1 Å². The Kier molecular flexibility index (Phi) is 4.57. The fourth-order valence-corrected chi connectivity index (χ4v) is 2.74. The molecule has 0 spiro atoms. The van der Waals surface area contributed by atoms with Crippen molar-refractivity contribution in [2.45, 2.75) is 25.4 Å². The minimum Gasteiger partial charge on any atom is -0.367 e. The second-order valence-electron chi connectivity index (χ2n) is 5.66. The number of primary amides is 1. The van der Waals surface area contributed by atoms with E-state index in [1.807, 2.05) is 24.3 Å². The molecule has 1 saturated heterocycles. The molecular weight excluding hydrogens is 296 g/mol. The highest BCUT2D eigenvalue weighted by Gasteiger charge is 2.27. The zero-order valence-corrected chi connectivity index (χ0v) is 12.8. The highest BCUT2D eigenvalue weighted by atomic mass is 16.5. The second kappa shape index (κ2) is 6.78. The number of H-pyrrole nitrogens is 1. The van der Waals surface area contributed by atoms with Crippen molar-refractivity contribution < 1.29 is 14.3 Å². The van der Waals surface area contributed by atoms with Crippen molar-refractivity contribution in [1.82, 2.24) is 14.9 Å². The molecule has 1 atom stereocenters. The first-order valence-electron chi connectivity index (χ1n) is 7.76. The Labute approximate surface area is 133 Å². The predicted molar refractivity (Wildman–Crippen MR) is 84.5 cm³/mol. The van der Waals surface area contributed by atoms with Gasteiger partial charge in [-0.05, 0) is 18.6 Å². The largest absolute Gasteiger partial charge is 0.367 e. The third-order valence-electron chi connectivity index (χ3n) is 3.98. The van der Waals surface area contributed by atoms with Crippen LogP contribution in [0, 0.1) is 0 Å². The maximum atomic E-state index is 12.2. The highest BCUT2D eigenvalue weighted by Crippen LogP contribution is 2.13. The number of aromatic amines is 1. The lowest BCUT2D eigenvalue weighted by Crippen LogP contribution is -2.50. The Morgan fingerprint density at radius 2 is 2.22 bits per heavy atom. The lowest BCUT2D eigenvalue weighted by molar-refractivity contribution is -0.145. The number of ether oxygens (including phenoxy) is 1. The van der Waals surface area contributed by atoms with E-state index < -0.39 is 12.0 Å². The van der Waals surface area contributed by atoms with E-state index in [9.17, 15) is 9.59 Å². The van der Waals surface area contributed by atoms with Crippen LogP contribution in [-0.4, -0.2) is 52.5 Å². The first kappa shape index (κ1) is 15.5. The van der Waals surface area contributed by atoms with Gasteiger partial charge in [0.1, 0.15) is 5.82 Å². The number of hydrogen-bond acceptors (Lipinski definition) is 4. The summed E-state index contributed by atoms with van der Waals surface area (Å²) in [4.78, 5) is 32.8. The molecule has 2 amide bonds. The lowest BCUT2D eigenvalue weighted by atomic mass is 10.2. The molecule has 1 fully saturated rings. The summed E-state index contributed by atoms with van der Waals surface area (Å²) in [6.45, 7) is 1.11. The Balaban J connectivity index is 1.50. The van der Waals surface area contributed by atoms with Crippen LogP contribution in [-0.2, 0) is 20.7 Å². The standard InChI is InChI=1S/C16H20N4O3/c17-16(22)13-10-20(8-9-23-13)15(21)7-3-6-14-18-11-4-1-2-5-12(11)19-14/h1-2,4-5,13H,3,6-10H2,(H2,17,22)(H,18,19)/t13-/m0/s1. The molecule has 7 heteroatoms. The summed E-state index contributed by atoms with van der Waals surface area (Å²) in [5.41, 5.74) is 7.17. The number of benzene rings is 1. The van der Waals surface area contributed by atoms with Crippen LogP contribution in [0.2, 0.25) is 0 Å². The Morgan fingerprint density at radius 3 is 3.00 bits per heavy atom. The van der Waals surface area contributed by atoms with Crippen LogP contribution in [0.15, 0.2) is 24.3 Å². The molecule has 3 N–H and O–H groups in total. The summed E-state index contributed by atoms with van der Waals surface area (Å²) >= 11 is 0. The number of imidazole rings is 1. The van der Waals surface area contributed by atoms with Gasteiger partial charge in [0.05, 0.1) is 24.2 Å². The Morgan fingerprint density at radius 1 is 1.39 bits per heavy atom. The maximum absolute atomic E-state index is 12.2. The molecule has 0 saturated carbocycles. The van der Waals surface area contributed by atoms with Gasteiger partial charge in [-0.2, -0.15) is 0 Å². The van der Waals surface area contributed by atoms with Crippen molar-refractivity contribution in [3.63, 3.8) is 0 Å². The van der Waals surface area contributed by atoms with E-state index in [1.165, 1.54) is 0 Å². The molecule has 1 aliphatic heterocycles. The smallest absolute Gasteiger partial charge is 0.248 e. The number of nitrogens with zero attached hydrogens (tertiary/aromatic N) is 2. The van der Waals surface area contributed by atoms with Crippen molar-refractivity contribution in [2.24, 2.45) is 5.73 Å². The summed E-state index contributed by atoms with van der Waals surface area (Å²) < 4.78 is 5.24. The van der Waals surface area contributed by atoms with E-state index in [-0.39, 0.29) is 12.5 Å². The first-order chi connectivity index (χ1) is 11.1. The third kappa shape index (κ3) is 3.68. The molecule has 122 valence electrons. The number of amides is 2. The fraction of sp³-hybridized carbons (Fsp3) is 0.438. The third-order valence-corrected chi connectivity index (χ3v) is 3.98. The molecular formula is C16H20N4O3. The molecule has 23 heavy (non-hydrogen) atoms. The number of carbonyl (C=O) groups is 2. The molecule has 7 nitrogen and oxygen atoms in total. The van der Waals surface area contributed by atoms with E-state index >= 15 is 0 Å². The minimum atomic E-state index is -0.692. The number of rotatable bonds is 5. The molecule has 0 unspecified atom stereocenters. The molecule has 1 aromatic carbocycles. The molecule has 3 rings (SSSR count). The Hall–Kier alpha value is -2.41. The van der Waals surface area contributed by atoms with E-state index in [0.29, 0.717) is 32.4 Å². The Bertz CT molecular complexity index is 679. The molecule has 0 radical (unpaired) electrons. The zero-order chi connectivity index (χ0) is 16.2. The van der Waals surface area contributed by atoms with Crippen molar-refractivity contribution in [3.8, 4) is 0 Å². The van der Waals surface area contributed by atoms with Gasteiger partial charge >= 0.3 is 0 Å². The van der Waals surface area contributed by atoms with Gasteiger partial charge in [-0.3, -0.25) is 9.59 Å². The SMILES string of the molecule is NC(=O)[C@@H]1CN(C(=O)CCCc2nc3ccccc3[nH]2)CCO1. The summed E-state index contributed by atoms with van der Waals surface area (Å²) in [5, 5.41) is 0. The number of nitrogens with one attached hydrogen (secondary N) is 1. The van der Waals surface area contributed by atoms with Gasteiger partial charge < -0.3 is 20.4 Å². The number of aryl methyl sites for hydroxylation is 1. The number of aromatic nitrogens is 2. The molecule has 0 bridgehead atoms. The van der Waals surface area contributed by atoms with Crippen LogP contribution < -0.4 is 5.73 Å². The fourth-order valence-electron chi connectivity index (χ4n) is 2.74. The maximum Gasteiger partial charge on any atom is 0.248 e. The lowest BCUT2D eigenvalue weighted by Gasteiger charge is -2.31. The number of carbonyl (C=O) groups excluding carboxylic acids is 2. The summed E-state index contributed by atoms with van der Waals surface area (Å²) in [5.74, 6) is 0.386. The predicted octanol–water partition coefficient (Wildman–Crippen LogP) is 0.598. The zero-order valence-electron chi connectivity index (χ0n) is 12.8. The van der Waals surface area contributed by atoms with E-state index in [2.05, 4.69) is 9.97 Å². The summed E-state index contributed by atoms with van der Waals surface area (Å²) in [7, 11) is 0. The van der Waals surface area contributed by atoms with Gasteiger partial charge in [0.2, 0.25) is 11.8 Å². The van der Waals surface area contributed by atoms with Crippen molar-refractivity contribution in [3.05, 3.63) is 30.1 Å². The van der Waals surface area contributed by atoms with Crippen molar-refractivity contribution in [2.75, 3.05) is 19.7 Å². The van der Waals surface area contributed by atoms with Crippen LogP contribution in [0.3, 0.4) is 0 Å². The molecule has 1 aromatic heterocycles. The number of morpholine rings is 1. The van der Waals surface area contributed by atoms with Gasteiger partial charge in [0.15, 0.2) is 6.10 Å². The summed E-state index contributed by atoms with van der Waals surface area (Å²) in [6.07, 6.45) is 1.15. The van der Waals surface area contributed by atoms with E-state index in [4.69, 9.17) is 10.5 Å². The molecule has 2 aromatic rings. The van der Waals surface area contributed by atoms with Gasteiger partial charge in [-0.25, -0.2) is 4.98 Å². The number of hydrogen-bond donors (Lipinski definition) is 2. The highest BCUT2D eigenvalue weighted by molar-refractivity contribution is 5.81. The van der Waals surface area contributed by atoms with Crippen LogP contribution in [0.25, 0.3) is 11.0 Å². The first-order valence-corrected chi connectivity index (χ1v) is 7.76. The van der Waals surface area contributed by atoms with Gasteiger partial charge in [-0.15, -0.1) is 0 Å². The van der Waals surface area contributed by atoms with Crippen LogP contribution in [0.1, 0.15) is 18.7 Å². The van der Waals surface area contributed by atoms with Crippen LogP contribution in [0.5, 0.6) is 0 Å². The van der Waals surface area contributed by atoms with Crippen molar-refractivity contribution >= 4 is 22.8 Å². The second-order valence-corrected chi connectivity index (χ2v) is 5.66. The average molecular weight is 316 g/mol. The van der Waals surface area contributed by atoms with Gasteiger partial charge in [0, 0.05) is 19.4 Å². The quantitative estimate of drug-likeness (QED) is 0.843. The van der Waals surface area contributed by atoms with Crippen LogP contribution in [0.4, 0.5) is 0 Å². The average Bonchev–Trinajstić information content (AvgIpc) is 2.97. The topological polar surface area (TPSA) is 101 Å². The van der Waals surface area contributed by atoms with E-state index in [0.717, 1.165) is 16.9 Å². The normalized spacial score (nSPS) is 18.3. The molecule has 1 aliphatic rings. The van der Waals surface area contributed by atoms with Crippen molar-refractivity contribution in [1.29, 1.82) is 0 Å². The van der Waals surface area contributed by atoms with Gasteiger partial charge in [0.25, 0.3) is 0 Å². The molecule has 0 aliphatic carbocycles. The number of nitrogens with two attached hydrogens (primary N) is 1. The van der Waals surface area contributed by atoms with E-state index in [1.54, 1.807) is 4.90 Å². The number of fused-ring (bicyclic) bond motifs is 1. The monoisotopic (exact) mass is 316 g/mol. The minimum absolute atomic E-state index is 0.0238. The van der Waals surface area contributed by atoms with Crippen LogP contribution >= 0.6 is 0 Å². The number of para-hydroxylation sites is 2. The molecule has 2 heterocycles.